The van der Waals surface area contributed by atoms with Crippen molar-refractivity contribution in [3.05, 3.63) is 53.2 Å². The van der Waals surface area contributed by atoms with Gasteiger partial charge >= 0.3 is 0 Å². The van der Waals surface area contributed by atoms with Crippen LogP contribution in [0.25, 0.3) is 11.2 Å². The van der Waals surface area contributed by atoms with E-state index in [0.29, 0.717) is 27.8 Å². The summed E-state index contributed by atoms with van der Waals surface area (Å²) in [6.07, 6.45) is 3.01. The summed E-state index contributed by atoms with van der Waals surface area (Å²) in [5.74, 6) is 0.139. The minimum atomic E-state index is -1.27. The molecule has 1 fully saturated rings. The van der Waals surface area contributed by atoms with E-state index in [-0.39, 0.29) is 17.9 Å². The second-order valence-electron chi connectivity index (χ2n) is 7.96. The molecule has 2 heterocycles. The van der Waals surface area contributed by atoms with Gasteiger partial charge in [0, 0.05) is 5.54 Å². The molecule has 1 aliphatic carbocycles. The van der Waals surface area contributed by atoms with Crippen molar-refractivity contribution in [2.45, 2.75) is 50.7 Å². The fourth-order valence-corrected chi connectivity index (χ4v) is 3.97. The van der Waals surface area contributed by atoms with Gasteiger partial charge in [0.2, 0.25) is 11.9 Å². The van der Waals surface area contributed by atoms with Crippen LogP contribution < -0.4 is 5.32 Å². The highest BCUT2D eigenvalue weighted by atomic mass is 35.5. The van der Waals surface area contributed by atoms with E-state index in [1.807, 2.05) is 34.9 Å². The maximum Gasteiger partial charge on any atom is 0.229 e. The first kappa shape index (κ1) is 18.9. The lowest BCUT2D eigenvalue weighted by Gasteiger charge is -2.40. The van der Waals surface area contributed by atoms with Gasteiger partial charge in [0.15, 0.2) is 5.65 Å². The third kappa shape index (κ3) is 3.38. The molecule has 0 aliphatic heterocycles. The average molecular weight is 399 g/mol. The molecule has 146 valence electrons. The third-order valence-corrected chi connectivity index (χ3v) is 5.80. The normalized spacial score (nSPS) is 17.7. The maximum atomic E-state index is 12.8. The molecule has 4 rings (SSSR count). The highest BCUT2D eigenvalue weighted by molar-refractivity contribution is 6.29. The van der Waals surface area contributed by atoms with E-state index < -0.39 is 5.60 Å². The molecule has 3 aromatic rings. The van der Waals surface area contributed by atoms with Gasteiger partial charge in [-0.1, -0.05) is 41.9 Å². The summed E-state index contributed by atoms with van der Waals surface area (Å²) in [6.45, 7) is 3.77. The Labute approximate surface area is 168 Å². The number of halogens is 1. The van der Waals surface area contributed by atoms with Crippen molar-refractivity contribution in [3.8, 4) is 0 Å². The number of imidazole rings is 1. The molecular weight excluding hydrogens is 376 g/mol. The molecule has 1 aromatic carbocycles. The van der Waals surface area contributed by atoms with Crippen LogP contribution in [0.5, 0.6) is 0 Å². The molecule has 28 heavy (non-hydrogen) atoms. The minimum Gasteiger partial charge on any atom is -0.385 e. The standard InChI is InChI=1S/C21H23ClN4O2/c1-20(11-6-12-20)26-18-15(9-10-16(22)24-18)23-19(26)25-17(27)13-21(2,28)14-7-4-3-5-8-14/h3-5,7-10,28H,6,11-13H2,1-2H3,(H,23,25,27). The quantitative estimate of drug-likeness (QED) is 0.630. The van der Waals surface area contributed by atoms with Crippen LogP contribution in [-0.4, -0.2) is 25.5 Å². The Morgan fingerprint density at radius 1 is 1.25 bits per heavy atom. The van der Waals surface area contributed by atoms with E-state index in [9.17, 15) is 9.90 Å². The van der Waals surface area contributed by atoms with Gasteiger partial charge in [0.05, 0.1) is 12.0 Å². The molecule has 1 aliphatic rings. The van der Waals surface area contributed by atoms with Crippen molar-refractivity contribution in [3.63, 3.8) is 0 Å². The van der Waals surface area contributed by atoms with Gasteiger partial charge in [0.25, 0.3) is 0 Å². The molecular formula is C21H23ClN4O2. The van der Waals surface area contributed by atoms with Gasteiger partial charge in [0.1, 0.15) is 10.7 Å². The number of rotatable bonds is 5. The van der Waals surface area contributed by atoms with E-state index in [2.05, 4.69) is 22.2 Å². The number of pyridine rings is 1. The first-order valence-corrected chi connectivity index (χ1v) is 9.80. The zero-order valence-electron chi connectivity index (χ0n) is 15.9. The van der Waals surface area contributed by atoms with Crippen LogP contribution in [-0.2, 0) is 15.9 Å². The van der Waals surface area contributed by atoms with E-state index in [0.717, 1.165) is 19.3 Å². The van der Waals surface area contributed by atoms with Crippen molar-refractivity contribution in [2.75, 3.05) is 5.32 Å². The molecule has 1 unspecified atom stereocenters. The van der Waals surface area contributed by atoms with Crippen molar-refractivity contribution < 1.29 is 9.90 Å². The first-order chi connectivity index (χ1) is 13.3. The number of fused-ring (bicyclic) bond motifs is 1. The minimum absolute atomic E-state index is 0.0783. The molecule has 2 N–H and O–H groups in total. The number of anilines is 1. The van der Waals surface area contributed by atoms with Crippen LogP contribution in [0.1, 0.15) is 45.1 Å². The predicted molar refractivity (Wildman–Crippen MR) is 109 cm³/mol. The number of aliphatic hydroxyl groups is 1. The van der Waals surface area contributed by atoms with Crippen molar-refractivity contribution in [2.24, 2.45) is 0 Å². The zero-order valence-corrected chi connectivity index (χ0v) is 16.7. The number of nitrogens with zero attached hydrogens (tertiary/aromatic N) is 3. The number of hydrogen-bond donors (Lipinski definition) is 2. The average Bonchev–Trinajstić information content (AvgIpc) is 2.97. The lowest BCUT2D eigenvalue weighted by molar-refractivity contribution is -0.120. The second kappa shape index (κ2) is 6.87. The fraction of sp³-hybridized carbons (Fsp3) is 0.381. The molecule has 1 amide bonds. The van der Waals surface area contributed by atoms with Gasteiger partial charge in [-0.2, -0.15) is 0 Å². The summed E-state index contributed by atoms with van der Waals surface area (Å²) in [5.41, 5.74) is 0.613. The highest BCUT2D eigenvalue weighted by Gasteiger charge is 2.38. The third-order valence-electron chi connectivity index (χ3n) is 5.59. The number of carbonyl (C=O) groups is 1. The van der Waals surface area contributed by atoms with E-state index in [1.54, 1.807) is 19.1 Å². The summed E-state index contributed by atoms with van der Waals surface area (Å²) in [7, 11) is 0. The summed E-state index contributed by atoms with van der Waals surface area (Å²) in [5, 5.41) is 14.1. The fourth-order valence-electron chi connectivity index (χ4n) is 3.82. The van der Waals surface area contributed by atoms with Crippen LogP contribution in [0.2, 0.25) is 5.15 Å². The van der Waals surface area contributed by atoms with Crippen molar-refractivity contribution >= 4 is 34.6 Å². The van der Waals surface area contributed by atoms with Gasteiger partial charge in [-0.3, -0.25) is 14.7 Å². The van der Waals surface area contributed by atoms with Crippen LogP contribution in [0.15, 0.2) is 42.5 Å². The van der Waals surface area contributed by atoms with Gasteiger partial charge in [-0.25, -0.2) is 9.97 Å². The van der Waals surface area contributed by atoms with Crippen molar-refractivity contribution in [1.29, 1.82) is 0 Å². The summed E-state index contributed by atoms with van der Waals surface area (Å²) in [4.78, 5) is 21.8. The molecule has 6 nitrogen and oxygen atoms in total. The molecule has 2 aromatic heterocycles. The molecule has 0 spiro atoms. The van der Waals surface area contributed by atoms with Gasteiger partial charge in [-0.15, -0.1) is 0 Å². The monoisotopic (exact) mass is 398 g/mol. The molecule has 0 saturated heterocycles. The molecule has 0 radical (unpaired) electrons. The number of aromatic nitrogens is 3. The van der Waals surface area contributed by atoms with Crippen LogP contribution in [0.4, 0.5) is 5.95 Å². The number of hydrogen-bond acceptors (Lipinski definition) is 4. The SMILES string of the molecule is CC(O)(CC(=O)Nc1nc2ccc(Cl)nc2n1C1(C)CCC1)c1ccccc1. The van der Waals surface area contributed by atoms with Crippen LogP contribution in [0, 0.1) is 0 Å². The summed E-state index contributed by atoms with van der Waals surface area (Å²) >= 11 is 6.10. The Kier molecular flexibility index (Phi) is 4.63. The summed E-state index contributed by atoms with van der Waals surface area (Å²) in [6, 6.07) is 12.7. The number of amides is 1. The molecule has 1 saturated carbocycles. The van der Waals surface area contributed by atoms with E-state index >= 15 is 0 Å². The maximum absolute atomic E-state index is 12.8. The predicted octanol–water partition coefficient (Wildman–Crippen LogP) is 4.22. The summed E-state index contributed by atoms with van der Waals surface area (Å²) < 4.78 is 1.98. The lowest BCUT2D eigenvalue weighted by atomic mass is 9.78. The van der Waals surface area contributed by atoms with E-state index in [4.69, 9.17) is 11.6 Å². The van der Waals surface area contributed by atoms with Crippen molar-refractivity contribution in [1.82, 2.24) is 14.5 Å². The molecule has 1 atom stereocenters. The topological polar surface area (TPSA) is 80.0 Å². The smallest absolute Gasteiger partial charge is 0.229 e. The largest absolute Gasteiger partial charge is 0.385 e. The van der Waals surface area contributed by atoms with Gasteiger partial charge < -0.3 is 5.11 Å². The molecule has 0 bridgehead atoms. The molecule has 7 heteroatoms. The Morgan fingerprint density at radius 3 is 2.61 bits per heavy atom. The first-order valence-electron chi connectivity index (χ1n) is 9.42. The van der Waals surface area contributed by atoms with Crippen LogP contribution in [0.3, 0.4) is 0 Å². The Hall–Kier alpha value is -2.44. The Balaban J connectivity index is 1.64. The Bertz CT molecular complexity index is 1030. The van der Waals surface area contributed by atoms with E-state index in [1.165, 1.54) is 0 Å². The Morgan fingerprint density at radius 2 is 1.96 bits per heavy atom. The van der Waals surface area contributed by atoms with Gasteiger partial charge in [-0.05, 0) is 50.8 Å². The number of carbonyl (C=O) groups excluding carboxylic acids is 1. The zero-order chi connectivity index (χ0) is 19.9. The van der Waals surface area contributed by atoms with Crippen LogP contribution >= 0.6 is 11.6 Å². The number of nitrogens with one attached hydrogen (secondary N) is 1. The number of benzene rings is 1. The second-order valence-corrected chi connectivity index (χ2v) is 8.35. The highest BCUT2D eigenvalue weighted by Crippen LogP contribution is 2.42. The lowest BCUT2D eigenvalue weighted by Crippen LogP contribution is -2.39.